The molecule has 1 saturated heterocycles. The first kappa shape index (κ1) is 24.3. The Morgan fingerprint density at radius 1 is 1.12 bits per heavy atom. The summed E-state index contributed by atoms with van der Waals surface area (Å²) in [6, 6.07) is 6.67. The minimum Gasteiger partial charge on any atom is -0.493 e. The molecular weight excluding hydrogens is 448 g/mol. The smallest absolute Gasteiger partial charge is 0.256 e. The molecule has 0 bridgehead atoms. The number of amides is 2. The molecule has 2 atom stereocenters. The maximum Gasteiger partial charge on any atom is 0.256 e. The average molecular weight is 479 g/mol. The first-order valence-electron chi connectivity index (χ1n) is 10.6. The Hall–Kier alpha value is -2.39. The van der Waals surface area contributed by atoms with Crippen molar-refractivity contribution >= 4 is 34.9 Å². The van der Waals surface area contributed by atoms with Gasteiger partial charge in [0.25, 0.3) is 5.91 Å². The van der Waals surface area contributed by atoms with Crippen molar-refractivity contribution in [2.24, 2.45) is 0 Å². The highest BCUT2D eigenvalue weighted by Gasteiger charge is 2.43. The molecule has 1 N–H and O–H groups in total. The number of rotatable bonds is 10. The molecule has 2 amide bonds. The first-order valence-corrected chi connectivity index (χ1v) is 12.5. The summed E-state index contributed by atoms with van der Waals surface area (Å²) in [6.07, 6.45) is 3.07. The topological polar surface area (TPSA) is 77.1 Å². The number of hydrogen-bond acceptors (Lipinski definition) is 7. The first-order chi connectivity index (χ1) is 15.5. The monoisotopic (exact) mass is 478 g/mol. The number of ether oxygens (including phenoxy) is 3. The molecule has 0 radical (unpaired) electrons. The summed E-state index contributed by atoms with van der Waals surface area (Å²) >= 11 is 3.19. The molecule has 2 heterocycles. The van der Waals surface area contributed by atoms with Gasteiger partial charge in [-0.25, -0.2) is 0 Å². The summed E-state index contributed by atoms with van der Waals surface area (Å²) in [7, 11) is 4.54. The van der Waals surface area contributed by atoms with Crippen molar-refractivity contribution in [1.82, 2.24) is 10.2 Å². The van der Waals surface area contributed by atoms with E-state index in [-0.39, 0.29) is 17.2 Å². The van der Waals surface area contributed by atoms with Crippen LogP contribution in [0.1, 0.15) is 46.8 Å². The molecule has 32 heavy (non-hydrogen) atoms. The second-order valence-corrected chi connectivity index (χ2v) is 9.43. The number of carbonyl (C=O) groups excluding carboxylic acids is 2. The predicted molar refractivity (Wildman–Crippen MR) is 128 cm³/mol. The van der Waals surface area contributed by atoms with Gasteiger partial charge in [-0.3, -0.25) is 9.59 Å². The molecule has 1 aromatic carbocycles. The van der Waals surface area contributed by atoms with Crippen LogP contribution in [0.15, 0.2) is 29.6 Å². The minimum absolute atomic E-state index is 0.117. The van der Waals surface area contributed by atoms with E-state index in [9.17, 15) is 9.59 Å². The van der Waals surface area contributed by atoms with E-state index in [1.54, 1.807) is 40.1 Å². The molecule has 174 valence electrons. The van der Waals surface area contributed by atoms with Gasteiger partial charge in [0.05, 0.1) is 21.3 Å². The molecule has 1 aromatic heterocycles. The molecule has 1 fully saturated rings. The zero-order valence-corrected chi connectivity index (χ0v) is 20.5. The Bertz CT molecular complexity index is 894. The van der Waals surface area contributed by atoms with Crippen LogP contribution in [0.3, 0.4) is 0 Å². The van der Waals surface area contributed by atoms with E-state index in [2.05, 4.69) is 12.2 Å². The highest BCUT2D eigenvalue weighted by atomic mass is 32.2. The van der Waals surface area contributed by atoms with E-state index in [0.717, 1.165) is 24.1 Å². The summed E-state index contributed by atoms with van der Waals surface area (Å²) in [4.78, 5) is 29.5. The number of nitrogens with one attached hydrogen (secondary N) is 1. The number of hydrogen-bond donors (Lipinski definition) is 1. The highest BCUT2D eigenvalue weighted by molar-refractivity contribution is 7.99. The molecule has 0 saturated carbocycles. The fraction of sp³-hybridized carbons (Fsp3) is 0.478. The normalized spacial score (nSPS) is 17.8. The van der Waals surface area contributed by atoms with Crippen LogP contribution >= 0.6 is 23.1 Å². The SMILES string of the molecule is CCCCCNC(=O)C1CSC(c2cccs2)N1C(=O)c1cc(OC)c(OC)c(OC)c1. The van der Waals surface area contributed by atoms with Crippen LogP contribution in [0.5, 0.6) is 17.2 Å². The standard InChI is InChI=1S/C23H30N2O5S2/c1-5-6-7-10-24-21(26)16-14-32-23(19-9-8-11-31-19)25(16)22(27)15-12-17(28-2)20(30-4)18(13-15)29-3/h8-9,11-13,16,23H,5-7,10,14H2,1-4H3,(H,24,26). The lowest BCUT2D eigenvalue weighted by Gasteiger charge is -2.29. The van der Waals surface area contributed by atoms with E-state index in [4.69, 9.17) is 14.2 Å². The Labute approximate surface area is 197 Å². The van der Waals surface area contributed by atoms with Crippen molar-refractivity contribution in [2.45, 2.75) is 37.6 Å². The van der Waals surface area contributed by atoms with Crippen molar-refractivity contribution < 1.29 is 23.8 Å². The lowest BCUT2D eigenvalue weighted by atomic mass is 10.1. The predicted octanol–water partition coefficient (Wildman–Crippen LogP) is 4.34. The Kier molecular flexibility index (Phi) is 8.69. The number of unbranched alkanes of at least 4 members (excludes halogenated alkanes) is 2. The van der Waals surface area contributed by atoms with Gasteiger partial charge >= 0.3 is 0 Å². The van der Waals surface area contributed by atoms with Crippen LogP contribution in [0, 0.1) is 0 Å². The van der Waals surface area contributed by atoms with E-state index < -0.39 is 6.04 Å². The number of thiophene rings is 1. The van der Waals surface area contributed by atoms with Crippen molar-refractivity contribution in [2.75, 3.05) is 33.6 Å². The molecule has 0 spiro atoms. The van der Waals surface area contributed by atoms with Crippen LogP contribution < -0.4 is 19.5 Å². The molecule has 7 nitrogen and oxygen atoms in total. The summed E-state index contributed by atoms with van der Waals surface area (Å²) in [6.45, 7) is 2.74. The summed E-state index contributed by atoms with van der Waals surface area (Å²) in [5.74, 6) is 1.39. The average Bonchev–Trinajstić information content (AvgIpc) is 3.50. The maximum atomic E-state index is 13.8. The Morgan fingerprint density at radius 3 is 2.41 bits per heavy atom. The number of methoxy groups -OCH3 is 3. The number of thioether (sulfide) groups is 1. The highest BCUT2D eigenvalue weighted by Crippen LogP contribution is 2.45. The van der Waals surface area contributed by atoms with Crippen LogP contribution in [-0.2, 0) is 4.79 Å². The molecule has 0 aliphatic carbocycles. The number of benzene rings is 1. The van der Waals surface area contributed by atoms with Gasteiger partial charge in [-0.1, -0.05) is 25.8 Å². The molecule has 2 unspecified atom stereocenters. The van der Waals surface area contributed by atoms with Gasteiger partial charge in [-0.05, 0) is 30.0 Å². The second-order valence-electron chi connectivity index (χ2n) is 7.34. The van der Waals surface area contributed by atoms with E-state index >= 15 is 0 Å². The molecule has 9 heteroatoms. The van der Waals surface area contributed by atoms with Crippen molar-refractivity contribution in [3.63, 3.8) is 0 Å². The van der Waals surface area contributed by atoms with E-state index in [0.29, 0.717) is 35.1 Å². The van der Waals surface area contributed by atoms with Gasteiger partial charge in [0, 0.05) is 22.7 Å². The van der Waals surface area contributed by atoms with Crippen molar-refractivity contribution in [3.05, 3.63) is 40.1 Å². The van der Waals surface area contributed by atoms with Gasteiger partial charge in [-0.15, -0.1) is 23.1 Å². The minimum atomic E-state index is -0.555. The number of carbonyl (C=O) groups is 2. The third-order valence-electron chi connectivity index (χ3n) is 5.32. The summed E-state index contributed by atoms with van der Waals surface area (Å²) in [5.41, 5.74) is 0.382. The summed E-state index contributed by atoms with van der Waals surface area (Å²) < 4.78 is 16.2. The van der Waals surface area contributed by atoms with E-state index in [1.807, 2.05) is 17.5 Å². The van der Waals surface area contributed by atoms with Crippen molar-refractivity contribution in [1.29, 1.82) is 0 Å². The van der Waals surface area contributed by atoms with Gasteiger partial charge in [-0.2, -0.15) is 0 Å². The molecule has 1 aliphatic rings. The van der Waals surface area contributed by atoms with Gasteiger partial charge < -0.3 is 24.4 Å². The third kappa shape index (κ3) is 5.15. The second kappa shape index (κ2) is 11.5. The third-order valence-corrected chi connectivity index (χ3v) is 7.69. The molecular formula is C23H30N2O5S2. The zero-order chi connectivity index (χ0) is 23.1. The van der Waals surface area contributed by atoms with Crippen molar-refractivity contribution in [3.8, 4) is 17.2 Å². The molecule has 3 rings (SSSR count). The Morgan fingerprint density at radius 2 is 1.84 bits per heavy atom. The largest absolute Gasteiger partial charge is 0.493 e. The van der Waals surface area contributed by atoms with Gasteiger partial charge in [0.1, 0.15) is 11.4 Å². The number of nitrogens with zero attached hydrogens (tertiary/aromatic N) is 1. The summed E-state index contributed by atoms with van der Waals surface area (Å²) in [5, 5.41) is 4.77. The fourth-order valence-corrected chi connectivity index (χ4v) is 6.06. The zero-order valence-electron chi connectivity index (χ0n) is 18.9. The maximum absolute atomic E-state index is 13.8. The van der Waals surface area contributed by atoms with Crippen LogP contribution in [-0.4, -0.2) is 56.4 Å². The quantitative estimate of drug-likeness (QED) is 0.512. The molecule has 1 aliphatic heterocycles. The molecule has 2 aromatic rings. The lowest BCUT2D eigenvalue weighted by Crippen LogP contribution is -2.48. The lowest BCUT2D eigenvalue weighted by molar-refractivity contribution is -0.124. The van der Waals surface area contributed by atoms with E-state index in [1.165, 1.54) is 21.3 Å². The van der Waals surface area contributed by atoms with Gasteiger partial charge in [0.15, 0.2) is 11.5 Å². The van der Waals surface area contributed by atoms with Crippen LogP contribution in [0.25, 0.3) is 0 Å². The Balaban J connectivity index is 1.93. The van der Waals surface area contributed by atoms with Crippen LogP contribution in [0.4, 0.5) is 0 Å². The van der Waals surface area contributed by atoms with Gasteiger partial charge in [0.2, 0.25) is 11.7 Å². The van der Waals surface area contributed by atoms with Crippen LogP contribution in [0.2, 0.25) is 0 Å². The fourth-order valence-electron chi connectivity index (χ4n) is 3.67.